The summed E-state index contributed by atoms with van der Waals surface area (Å²) in [7, 11) is 3.71. The summed E-state index contributed by atoms with van der Waals surface area (Å²) in [5.74, 6) is 0.843. The molecule has 0 aromatic heterocycles. The van der Waals surface area contributed by atoms with Crippen LogP contribution in [-0.2, 0) is 11.3 Å². The number of carbonyl (C=O) groups excluding carboxylic acids is 1. The number of nitrogens with one attached hydrogen (secondary N) is 1. The van der Waals surface area contributed by atoms with Crippen LogP contribution >= 0.6 is 0 Å². The maximum absolute atomic E-state index is 11.7. The largest absolute Gasteiger partial charge is 0.481 e. The van der Waals surface area contributed by atoms with Gasteiger partial charge in [0.1, 0.15) is 5.75 Å². The van der Waals surface area contributed by atoms with Crippen molar-refractivity contribution in [2.45, 2.75) is 19.1 Å². The number of likely N-dealkylation sites (N-methyl/N-ethyl adjacent to an activating group) is 1. The SMILES string of the molecule is CNCc1cccc(OC2CCN(C)C2=O)c1. The van der Waals surface area contributed by atoms with Crippen LogP contribution in [-0.4, -0.2) is 37.6 Å². The van der Waals surface area contributed by atoms with E-state index < -0.39 is 0 Å². The van der Waals surface area contributed by atoms with Crippen LogP contribution in [0.4, 0.5) is 0 Å². The molecule has 1 atom stereocenters. The number of ether oxygens (including phenoxy) is 1. The zero-order valence-electron chi connectivity index (χ0n) is 10.3. The van der Waals surface area contributed by atoms with Gasteiger partial charge >= 0.3 is 0 Å². The molecule has 0 spiro atoms. The van der Waals surface area contributed by atoms with Crippen molar-refractivity contribution in [2.75, 3.05) is 20.6 Å². The number of hydrogen-bond donors (Lipinski definition) is 1. The van der Waals surface area contributed by atoms with Crippen molar-refractivity contribution >= 4 is 5.91 Å². The minimum atomic E-state index is -0.315. The second kappa shape index (κ2) is 5.19. The number of benzene rings is 1. The molecule has 1 unspecified atom stereocenters. The number of rotatable bonds is 4. The Bertz CT molecular complexity index is 406. The monoisotopic (exact) mass is 234 g/mol. The Labute approximate surface area is 102 Å². The fourth-order valence-electron chi connectivity index (χ4n) is 2.00. The van der Waals surface area contributed by atoms with E-state index in [9.17, 15) is 4.79 Å². The molecule has 1 heterocycles. The Morgan fingerprint density at radius 2 is 2.35 bits per heavy atom. The lowest BCUT2D eigenvalue weighted by Crippen LogP contribution is -2.29. The van der Waals surface area contributed by atoms with Gasteiger partial charge < -0.3 is 15.0 Å². The third-order valence-corrected chi connectivity index (χ3v) is 2.94. The van der Waals surface area contributed by atoms with Gasteiger partial charge in [0.15, 0.2) is 6.10 Å². The second-order valence-corrected chi connectivity index (χ2v) is 4.33. The van der Waals surface area contributed by atoms with E-state index in [0.717, 1.165) is 30.8 Å². The molecule has 1 aliphatic rings. The molecule has 17 heavy (non-hydrogen) atoms. The first-order valence-electron chi connectivity index (χ1n) is 5.86. The number of amides is 1. The Balaban J connectivity index is 2.03. The van der Waals surface area contributed by atoms with Crippen LogP contribution < -0.4 is 10.1 Å². The molecule has 1 amide bonds. The topological polar surface area (TPSA) is 41.6 Å². The Hall–Kier alpha value is -1.55. The van der Waals surface area contributed by atoms with Crippen LogP contribution in [0.5, 0.6) is 5.75 Å². The summed E-state index contributed by atoms with van der Waals surface area (Å²) in [6.07, 6.45) is 0.454. The van der Waals surface area contributed by atoms with E-state index >= 15 is 0 Å². The summed E-state index contributed by atoms with van der Waals surface area (Å²) in [4.78, 5) is 13.4. The predicted octanol–water partition coefficient (Wildman–Crippen LogP) is 1.02. The molecule has 4 heteroatoms. The number of likely N-dealkylation sites (tertiary alicyclic amines) is 1. The predicted molar refractivity (Wildman–Crippen MR) is 65.9 cm³/mol. The molecule has 92 valence electrons. The Kier molecular flexibility index (Phi) is 3.64. The highest BCUT2D eigenvalue weighted by atomic mass is 16.5. The lowest BCUT2D eigenvalue weighted by atomic mass is 10.2. The number of carbonyl (C=O) groups is 1. The summed E-state index contributed by atoms with van der Waals surface area (Å²) in [5, 5.41) is 3.09. The second-order valence-electron chi connectivity index (χ2n) is 4.33. The van der Waals surface area contributed by atoms with Gasteiger partial charge in [-0.15, -0.1) is 0 Å². The normalized spacial score (nSPS) is 19.8. The van der Waals surface area contributed by atoms with E-state index in [4.69, 9.17) is 4.74 Å². The highest BCUT2D eigenvalue weighted by Crippen LogP contribution is 2.19. The minimum Gasteiger partial charge on any atom is -0.481 e. The van der Waals surface area contributed by atoms with Crippen molar-refractivity contribution in [1.29, 1.82) is 0 Å². The average molecular weight is 234 g/mol. The molecular weight excluding hydrogens is 216 g/mol. The van der Waals surface area contributed by atoms with Crippen molar-refractivity contribution < 1.29 is 9.53 Å². The van der Waals surface area contributed by atoms with E-state index in [1.54, 1.807) is 4.90 Å². The van der Waals surface area contributed by atoms with Crippen molar-refractivity contribution in [3.05, 3.63) is 29.8 Å². The fraction of sp³-hybridized carbons (Fsp3) is 0.462. The molecule has 1 aliphatic heterocycles. The highest BCUT2D eigenvalue weighted by molar-refractivity contribution is 5.83. The first-order valence-corrected chi connectivity index (χ1v) is 5.86. The van der Waals surface area contributed by atoms with E-state index in [0.29, 0.717) is 0 Å². The quantitative estimate of drug-likeness (QED) is 0.845. The van der Waals surface area contributed by atoms with Gasteiger partial charge in [-0.2, -0.15) is 0 Å². The lowest BCUT2D eigenvalue weighted by molar-refractivity contribution is -0.132. The molecular formula is C13H18N2O2. The summed E-state index contributed by atoms with van der Waals surface area (Å²) in [5.41, 5.74) is 1.16. The van der Waals surface area contributed by atoms with Crippen molar-refractivity contribution in [3.8, 4) is 5.75 Å². The van der Waals surface area contributed by atoms with Crippen LogP contribution in [0.15, 0.2) is 24.3 Å². The molecule has 0 radical (unpaired) electrons. The molecule has 4 nitrogen and oxygen atoms in total. The maximum Gasteiger partial charge on any atom is 0.263 e. The van der Waals surface area contributed by atoms with Gasteiger partial charge in [0, 0.05) is 26.6 Å². The molecule has 1 saturated heterocycles. The van der Waals surface area contributed by atoms with Crippen molar-refractivity contribution in [3.63, 3.8) is 0 Å². The van der Waals surface area contributed by atoms with E-state index in [1.165, 1.54) is 0 Å². The Morgan fingerprint density at radius 3 is 3.00 bits per heavy atom. The standard InChI is InChI=1S/C13H18N2O2/c1-14-9-10-4-3-5-11(8-10)17-12-6-7-15(2)13(12)16/h3-5,8,12,14H,6-7,9H2,1-2H3. The number of nitrogens with zero attached hydrogens (tertiary/aromatic N) is 1. The zero-order chi connectivity index (χ0) is 12.3. The van der Waals surface area contributed by atoms with Gasteiger partial charge in [-0.1, -0.05) is 12.1 Å². The molecule has 1 fully saturated rings. The molecule has 1 N–H and O–H groups in total. The van der Waals surface area contributed by atoms with Gasteiger partial charge in [-0.05, 0) is 24.7 Å². The number of hydrogen-bond acceptors (Lipinski definition) is 3. The summed E-state index contributed by atoms with van der Waals surface area (Å²) in [6.45, 7) is 1.58. The molecule has 0 bridgehead atoms. The van der Waals surface area contributed by atoms with Gasteiger partial charge in [0.25, 0.3) is 5.91 Å². The average Bonchev–Trinajstić information content (AvgIpc) is 2.62. The minimum absolute atomic E-state index is 0.0732. The van der Waals surface area contributed by atoms with E-state index in [-0.39, 0.29) is 12.0 Å². The van der Waals surface area contributed by atoms with Gasteiger partial charge in [-0.25, -0.2) is 0 Å². The van der Waals surface area contributed by atoms with E-state index in [2.05, 4.69) is 5.32 Å². The fourth-order valence-corrected chi connectivity index (χ4v) is 2.00. The first kappa shape index (κ1) is 11.9. The van der Waals surface area contributed by atoms with Crippen LogP contribution in [0.2, 0.25) is 0 Å². The lowest BCUT2D eigenvalue weighted by Gasteiger charge is -2.13. The Morgan fingerprint density at radius 1 is 1.53 bits per heavy atom. The van der Waals surface area contributed by atoms with E-state index in [1.807, 2.05) is 38.4 Å². The summed E-state index contributed by atoms with van der Waals surface area (Å²) >= 11 is 0. The van der Waals surface area contributed by atoms with Gasteiger partial charge in [0.2, 0.25) is 0 Å². The third-order valence-electron chi connectivity index (χ3n) is 2.94. The van der Waals surface area contributed by atoms with Crippen LogP contribution in [0.1, 0.15) is 12.0 Å². The molecule has 0 aliphatic carbocycles. The molecule has 0 saturated carbocycles. The third kappa shape index (κ3) is 2.77. The summed E-state index contributed by atoms with van der Waals surface area (Å²) in [6, 6.07) is 7.85. The first-order chi connectivity index (χ1) is 8.20. The molecule has 1 aromatic carbocycles. The summed E-state index contributed by atoms with van der Waals surface area (Å²) < 4.78 is 5.73. The maximum atomic E-state index is 11.7. The van der Waals surface area contributed by atoms with Crippen molar-refractivity contribution in [2.24, 2.45) is 0 Å². The molecule has 2 rings (SSSR count). The van der Waals surface area contributed by atoms with Gasteiger partial charge in [0.05, 0.1) is 0 Å². The van der Waals surface area contributed by atoms with Crippen LogP contribution in [0, 0.1) is 0 Å². The smallest absolute Gasteiger partial charge is 0.263 e. The highest BCUT2D eigenvalue weighted by Gasteiger charge is 2.30. The van der Waals surface area contributed by atoms with Crippen LogP contribution in [0.25, 0.3) is 0 Å². The van der Waals surface area contributed by atoms with Crippen LogP contribution in [0.3, 0.4) is 0 Å². The zero-order valence-corrected chi connectivity index (χ0v) is 10.3. The molecule has 1 aromatic rings. The van der Waals surface area contributed by atoms with Crippen molar-refractivity contribution in [1.82, 2.24) is 10.2 Å². The van der Waals surface area contributed by atoms with Gasteiger partial charge in [-0.3, -0.25) is 4.79 Å².